The van der Waals surface area contributed by atoms with E-state index in [9.17, 15) is 9.59 Å². The average Bonchev–Trinajstić information content (AvgIpc) is 3.08. The lowest BCUT2D eigenvalue weighted by Crippen LogP contribution is -2.40. The highest BCUT2D eigenvalue weighted by Gasteiger charge is 2.42. The molecule has 3 rings (SSSR count). The minimum Gasteiger partial charge on any atom is -0.353 e. The van der Waals surface area contributed by atoms with E-state index in [-0.39, 0.29) is 23.3 Å². The van der Waals surface area contributed by atoms with E-state index in [1.807, 2.05) is 0 Å². The highest BCUT2D eigenvalue weighted by molar-refractivity contribution is 7.99. The first-order valence-electron chi connectivity index (χ1n) is 7.59. The van der Waals surface area contributed by atoms with Crippen LogP contribution in [-0.4, -0.2) is 27.7 Å². The fourth-order valence-electron chi connectivity index (χ4n) is 3.87. The van der Waals surface area contributed by atoms with Crippen LogP contribution >= 0.6 is 11.8 Å². The maximum Gasteiger partial charge on any atom is 0.251 e. The molecule has 2 aliphatic carbocycles. The summed E-state index contributed by atoms with van der Waals surface area (Å²) in [6, 6.07) is 1.61. The zero-order valence-corrected chi connectivity index (χ0v) is 13.0. The molecule has 5 nitrogen and oxygen atoms in total. The number of nitrogens with zero attached hydrogens (tertiary/aromatic N) is 1. The predicted molar refractivity (Wildman–Crippen MR) is 82.1 cm³/mol. The van der Waals surface area contributed by atoms with Crippen LogP contribution in [0.15, 0.2) is 22.2 Å². The van der Waals surface area contributed by atoms with E-state index in [4.69, 9.17) is 0 Å². The standard InChI is InChI=1S/C15H21N3O2S/c1-9(12-7-10-2-3-11(12)6-10)17-14(20)8-21-15-16-5-4-13(19)18-15/h4-5,9-12H,2-3,6-8H2,1H3,(H,17,20)(H,16,18,19)/t9-,10+,11+,12-/m1/s1. The van der Waals surface area contributed by atoms with Crippen LogP contribution in [0.4, 0.5) is 0 Å². The number of carbonyl (C=O) groups is 1. The van der Waals surface area contributed by atoms with Crippen molar-refractivity contribution in [3.05, 3.63) is 22.6 Å². The van der Waals surface area contributed by atoms with Gasteiger partial charge in [0, 0.05) is 18.3 Å². The summed E-state index contributed by atoms with van der Waals surface area (Å²) in [6.45, 7) is 2.12. The third kappa shape index (κ3) is 3.48. The van der Waals surface area contributed by atoms with E-state index < -0.39 is 0 Å². The van der Waals surface area contributed by atoms with E-state index in [1.54, 1.807) is 0 Å². The SMILES string of the molecule is C[C@@H](NC(=O)CSc1nccc(=O)[nH]1)[C@H]1C[C@H]2CC[C@H]1C2. The Bertz CT molecular complexity index is 574. The van der Waals surface area contributed by atoms with Crippen LogP contribution in [0.25, 0.3) is 0 Å². The zero-order chi connectivity index (χ0) is 14.8. The van der Waals surface area contributed by atoms with Gasteiger partial charge in [-0.05, 0) is 43.9 Å². The Balaban J connectivity index is 1.47. The number of rotatable bonds is 5. The van der Waals surface area contributed by atoms with Crippen molar-refractivity contribution in [3.8, 4) is 0 Å². The van der Waals surface area contributed by atoms with Crippen molar-refractivity contribution >= 4 is 17.7 Å². The normalized spacial score (nSPS) is 28.5. The Labute approximate surface area is 128 Å². The van der Waals surface area contributed by atoms with Crippen LogP contribution in [0.2, 0.25) is 0 Å². The van der Waals surface area contributed by atoms with Gasteiger partial charge in [0.1, 0.15) is 0 Å². The molecule has 2 aliphatic rings. The average molecular weight is 307 g/mol. The number of hydrogen-bond donors (Lipinski definition) is 2. The van der Waals surface area contributed by atoms with E-state index in [1.165, 1.54) is 49.7 Å². The largest absolute Gasteiger partial charge is 0.353 e. The Morgan fingerprint density at radius 3 is 3.05 bits per heavy atom. The molecule has 2 fully saturated rings. The van der Waals surface area contributed by atoms with Gasteiger partial charge in [-0.25, -0.2) is 4.98 Å². The molecular weight excluding hydrogens is 286 g/mol. The number of H-pyrrole nitrogens is 1. The first kappa shape index (κ1) is 14.6. The van der Waals surface area contributed by atoms with Crippen molar-refractivity contribution in [1.29, 1.82) is 0 Å². The van der Waals surface area contributed by atoms with E-state index in [0.717, 1.165) is 11.8 Å². The molecule has 0 aliphatic heterocycles. The second kappa shape index (κ2) is 6.22. The molecule has 0 spiro atoms. The van der Waals surface area contributed by atoms with E-state index in [0.29, 0.717) is 11.1 Å². The summed E-state index contributed by atoms with van der Waals surface area (Å²) in [7, 11) is 0. The summed E-state index contributed by atoms with van der Waals surface area (Å²) in [6.07, 6.45) is 6.79. The van der Waals surface area contributed by atoms with Crippen LogP contribution in [0, 0.1) is 17.8 Å². The first-order chi connectivity index (χ1) is 10.1. The second-order valence-electron chi connectivity index (χ2n) is 6.22. The Hall–Kier alpha value is -1.30. The van der Waals surface area contributed by atoms with Gasteiger partial charge < -0.3 is 10.3 Å². The summed E-state index contributed by atoms with van der Waals surface area (Å²) in [5.74, 6) is 2.66. The number of thioether (sulfide) groups is 1. The first-order valence-corrected chi connectivity index (χ1v) is 8.58. The Kier molecular flexibility index (Phi) is 4.33. The van der Waals surface area contributed by atoms with Gasteiger partial charge in [-0.3, -0.25) is 9.59 Å². The minimum atomic E-state index is -0.191. The summed E-state index contributed by atoms with van der Waals surface area (Å²) in [4.78, 5) is 29.8. The molecule has 2 saturated carbocycles. The minimum absolute atomic E-state index is 0.0155. The van der Waals surface area contributed by atoms with Crippen LogP contribution in [0.3, 0.4) is 0 Å². The molecular formula is C15H21N3O2S. The summed E-state index contributed by atoms with van der Waals surface area (Å²) >= 11 is 1.26. The lowest BCUT2D eigenvalue weighted by molar-refractivity contribution is -0.119. The van der Waals surface area contributed by atoms with E-state index in [2.05, 4.69) is 22.2 Å². The third-order valence-electron chi connectivity index (χ3n) is 4.81. The predicted octanol–water partition coefficient (Wildman–Crippen LogP) is 1.80. The van der Waals surface area contributed by atoms with Gasteiger partial charge in [0.15, 0.2) is 5.16 Å². The van der Waals surface area contributed by atoms with E-state index >= 15 is 0 Å². The summed E-state index contributed by atoms with van der Waals surface area (Å²) in [5, 5.41) is 3.60. The topological polar surface area (TPSA) is 74.8 Å². The highest BCUT2D eigenvalue weighted by atomic mass is 32.2. The second-order valence-corrected chi connectivity index (χ2v) is 7.19. The zero-order valence-electron chi connectivity index (χ0n) is 12.2. The van der Waals surface area contributed by atoms with Crippen LogP contribution in [0.5, 0.6) is 0 Å². The number of carbonyl (C=O) groups excluding carboxylic acids is 1. The molecule has 1 aromatic heterocycles. The molecule has 0 aromatic carbocycles. The number of aromatic nitrogens is 2. The monoisotopic (exact) mass is 307 g/mol. The fraction of sp³-hybridized carbons (Fsp3) is 0.667. The third-order valence-corrected chi connectivity index (χ3v) is 5.70. The molecule has 1 heterocycles. The van der Waals surface area contributed by atoms with Crippen molar-refractivity contribution in [2.24, 2.45) is 17.8 Å². The Morgan fingerprint density at radius 2 is 2.38 bits per heavy atom. The van der Waals surface area contributed by atoms with Gasteiger partial charge in [-0.15, -0.1) is 0 Å². The van der Waals surface area contributed by atoms with Gasteiger partial charge in [-0.2, -0.15) is 0 Å². The number of nitrogens with one attached hydrogen (secondary N) is 2. The number of hydrogen-bond acceptors (Lipinski definition) is 4. The molecule has 0 radical (unpaired) electrons. The Morgan fingerprint density at radius 1 is 1.52 bits per heavy atom. The number of aromatic amines is 1. The van der Waals surface area contributed by atoms with Crippen molar-refractivity contribution in [2.45, 2.75) is 43.8 Å². The summed E-state index contributed by atoms with van der Waals surface area (Å²) < 4.78 is 0. The maximum absolute atomic E-state index is 12.0. The molecule has 21 heavy (non-hydrogen) atoms. The lowest BCUT2D eigenvalue weighted by atomic mass is 9.84. The molecule has 1 amide bonds. The van der Waals surface area contributed by atoms with Gasteiger partial charge in [0.05, 0.1) is 5.75 Å². The van der Waals surface area contributed by atoms with Gasteiger partial charge in [0.2, 0.25) is 5.91 Å². The highest BCUT2D eigenvalue weighted by Crippen LogP contribution is 2.49. The molecule has 114 valence electrons. The molecule has 0 unspecified atom stereocenters. The smallest absolute Gasteiger partial charge is 0.251 e. The fourth-order valence-corrected chi connectivity index (χ4v) is 4.53. The molecule has 4 atom stereocenters. The van der Waals surface area contributed by atoms with Crippen LogP contribution in [0.1, 0.15) is 32.6 Å². The lowest BCUT2D eigenvalue weighted by Gasteiger charge is -2.28. The molecule has 1 aromatic rings. The molecule has 6 heteroatoms. The number of fused-ring (bicyclic) bond motifs is 2. The van der Waals surface area contributed by atoms with Crippen LogP contribution < -0.4 is 10.9 Å². The van der Waals surface area contributed by atoms with Gasteiger partial charge in [0.25, 0.3) is 5.56 Å². The number of amides is 1. The quantitative estimate of drug-likeness (QED) is 0.642. The molecule has 2 N–H and O–H groups in total. The van der Waals surface area contributed by atoms with Gasteiger partial charge in [-0.1, -0.05) is 18.2 Å². The van der Waals surface area contributed by atoms with Crippen molar-refractivity contribution in [2.75, 3.05) is 5.75 Å². The van der Waals surface area contributed by atoms with Crippen molar-refractivity contribution < 1.29 is 4.79 Å². The summed E-state index contributed by atoms with van der Waals surface area (Å²) in [5.41, 5.74) is -0.191. The van der Waals surface area contributed by atoms with Crippen molar-refractivity contribution in [1.82, 2.24) is 15.3 Å². The maximum atomic E-state index is 12.0. The molecule has 2 bridgehead atoms. The molecule has 0 saturated heterocycles. The van der Waals surface area contributed by atoms with Crippen molar-refractivity contribution in [3.63, 3.8) is 0 Å². The van der Waals surface area contributed by atoms with Crippen LogP contribution in [-0.2, 0) is 4.79 Å². The van der Waals surface area contributed by atoms with Gasteiger partial charge >= 0.3 is 0 Å².